The number of carbonyl (C=O) groups is 3. The number of methoxy groups -OCH3 is 1. The van der Waals surface area contributed by atoms with Crippen LogP contribution in [0.5, 0.6) is 5.75 Å². The summed E-state index contributed by atoms with van der Waals surface area (Å²) in [6, 6.07) is 14.8. The summed E-state index contributed by atoms with van der Waals surface area (Å²) >= 11 is 0. The average Bonchev–Trinajstić information content (AvgIpc) is 3.30. The predicted octanol–water partition coefficient (Wildman–Crippen LogP) is 3.91. The molecular formula is C27H32N2O5. The van der Waals surface area contributed by atoms with Gasteiger partial charge in [-0.05, 0) is 37.0 Å². The topological polar surface area (TPSA) is 76.2 Å². The number of esters is 1. The number of para-hydroxylation sites is 2. The minimum Gasteiger partial charge on any atom is -0.496 e. The zero-order valence-electron chi connectivity index (χ0n) is 19.9. The summed E-state index contributed by atoms with van der Waals surface area (Å²) in [6.07, 6.45) is 3.23. The Kier molecular flexibility index (Phi) is 7.50. The van der Waals surface area contributed by atoms with Crippen LogP contribution < -0.4 is 9.64 Å². The second kappa shape index (κ2) is 10.7. The third-order valence-electron chi connectivity index (χ3n) is 6.75. The molecule has 2 aliphatic heterocycles. The fourth-order valence-corrected chi connectivity index (χ4v) is 5.00. The van der Waals surface area contributed by atoms with Crippen LogP contribution in [0, 0.1) is 5.92 Å². The Balaban J connectivity index is 1.52. The molecule has 2 amide bonds. The molecule has 2 heterocycles. The van der Waals surface area contributed by atoms with Crippen LogP contribution in [-0.4, -0.2) is 49.5 Å². The van der Waals surface area contributed by atoms with Gasteiger partial charge in [-0.2, -0.15) is 0 Å². The van der Waals surface area contributed by atoms with Crippen LogP contribution in [0.25, 0.3) is 0 Å². The van der Waals surface area contributed by atoms with Gasteiger partial charge < -0.3 is 19.3 Å². The third-order valence-corrected chi connectivity index (χ3v) is 6.75. The van der Waals surface area contributed by atoms with Crippen LogP contribution in [0.15, 0.2) is 48.5 Å². The van der Waals surface area contributed by atoms with Crippen LogP contribution in [0.4, 0.5) is 5.69 Å². The molecule has 2 atom stereocenters. The van der Waals surface area contributed by atoms with Crippen molar-refractivity contribution in [3.05, 3.63) is 59.7 Å². The number of hydrogen-bond donors (Lipinski definition) is 0. The van der Waals surface area contributed by atoms with E-state index < -0.39 is 17.9 Å². The summed E-state index contributed by atoms with van der Waals surface area (Å²) in [5, 5.41) is 0. The molecule has 180 valence electrons. The van der Waals surface area contributed by atoms with E-state index in [0.717, 1.165) is 36.1 Å². The van der Waals surface area contributed by atoms with Crippen molar-refractivity contribution < 1.29 is 23.9 Å². The van der Waals surface area contributed by atoms with Crippen molar-refractivity contribution in [3.63, 3.8) is 0 Å². The number of benzene rings is 2. The molecule has 2 aromatic rings. The minimum absolute atomic E-state index is 0.0261. The molecule has 2 aromatic carbocycles. The Hall–Kier alpha value is -3.35. The number of anilines is 1. The number of nitrogens with zero attached hydrogens (tertiary/aromatic N) is 2. The molecule has 7 heteroatoms. The molecule has 34 heavy (non-hydrogen) atoms. The Morgan fingerprint density at radius 1 is 1.06 bits per heavy atom. The van der Waals surface area contributed by atoms with Crippen LogP contribution in [0.3, 0.4) is 0 Å². The summed E-state index contributed by atoms with van der Waals surface area (Å²) in [5.74, 6) is -0.596. The molecule has 2 aliphatic rings. The number of piperidine rings is 1. The summed E-state index contributed by atoms with van der Waals surface area (Å²) in [7, 11) is 1.58. The summed E-state index contributed by atoms with van der Waals surface area (Å²) in [6.45, 7) is 2.90. The first-order valence-electron chi connectivity index (χ1n) is 12.0. The highest BCUT2D eigenvalue weighted by atomic mass is 16.5. The summed E-state index contributed by atoms with van der Waals surface area (Å²) < 4.78 is 11.1. The number of fused-ring (bicyclic) bond motifs is 1. The molecule has 1 saturated heterocycles. The van der Waals surface area contributed by atoms with Crippen LogP contribution in [0.2, 0.25) is 0 Å². The van der Waals surface area contributed by atoms with Crippen molar-refractivity contribution in [1.29, 1.82) is 0 Å². The lowest BCUT2D eigenvalue weighted by Crippen LogP contribution is -2.46. The standard InChI is InChI=1S/C27H32N2O5/c1-3-4-16-29-24(30)14-13-21(26(29)20-10-6-8-12-23(20)33-2)27(32)34-18-25(31)28-17-15-19-9-5-7-11-22(19)28/h5-12,21,26H,3-4,13-18H2,1-2H3. The van der Waals surface area contributed by atoms with Gasteiger partial charge in [-0.3, -0.25) is 14.4 Å². The van der Waals surface area contributed by atoms with Crippen molar-refractivity contribution in [1.82, 2.24) is 4.90 Å². The van der Waals surface area contributed by atoms with Crippen molar-refractivity contribution in [2.24, 2.45) is 5.92 Å². The number of hydrogen-bond acceptors (Lipinski definition) is 5. The number of carbonyl (C=O) groups excluding carboxylic acids is 3. The first kappa shape index (κ1) is 23.8. The van der Waals surface area contributed by atoms with E-state index in [1.54, 1.807) is 16.9 Å². The van der Waals surface area contributed by atoms with E-state index in [2.05, 4.69) is 6.92 Å². The predicted molar refractivity (Wildman–Crippen MR) is 129 cm³/mol. The molecule has 0 N–H and O–H groups in total. The van der Waals surface area contributed by atoms with Gasteiger partial charge in [-0.15, -0.1) is 0 Å². The lowest BCUT2D eigenvalue weighted by atomic mass is 9.83. The fourth-order valence-electron chi connectivity index (χ4n) is 5.00. The van der Waals surface area contributed by atoms with Crippen molar-refractivity contribution >= 4 is 23.5 Å². The number of unbranched alkanes of at least 4 members (excludes halogenated alkanes) is 1. The Morgan fingerprint density at radius 3 is 2.62 bits per heavy atom. The second-order valence-corrected chi connectivity index (χ2v) is 8.80. The van der Waals surface area contributed by atoms with E-state index >= 15 is 0 Å². The maximum atomic E-state index is 13.3. The molecule has 0 bridgehead atoms. The SMILES string of the molecule is CCCCN1C(=O)CCC(C(=O)OCC(=O)N2CCc3ccccc32)C1c1ccccc1OC. The molecule has 0 aliphatic carbocycles. The lowest BCUT2D eigenvalue weighted by Gasteiger charge is -2.41. The molecule has 2 unspecified atom stereocenters. The first-order valence-corrected chi connectivity index (χ1v) is 12.0. The first-order chi connectivity index (χ1) is 16.5. The van der Waals surface area contributed by atoms with Gasteiger partial charge >= 0.3 is 5.97 Å². The van der Waals surface area contributed by atoms with Gasteiger partial charge in [0.1, 0.15) is 5.75 Å². The summed E-state index contributed by atoms with van der Waals surface area (Å²) in [5.41, 5.74) is 2.79. The minimum atomic E-state index is -0.565. The Bertz CT molecular complexity index is 1050. The van der Waals surface area contributed by atoms with E-state index in [1.807, 2.05) is 48.5 Å². The van der Waals surface area contributed by atoms with Crippen LogP contribution >= 0.6 is 0 Å². The zero-order valence-corrected chi connectivity index (χ0v) is 19.9. The number of rotatable bonds is 8. The van der Waals surface area contributed by atoms with Gasteiger partial charge in [0.25, 0.3) is 5.91 Å². The molecule has 0 saturated carbocycles. The van der Waals surface area contributed by atoms with Gasteiger partial charge in [0.15, 0.2) is 6.61 Å². The normalized spacial score (nSPS) is 19.6. The molecule has 0 radical (unpaired) electrons. The highest BCUT2D eigenvalue weighted by Crippen LogP contribution is 2.41. The van der Waals surface area contributed by atoms with Crippen LogP contribution in [0.1, 0.15) is 49.8 Å². The highest BCUT2D eigenvalue weighted by molar-refractivity contribution is 5.97. The molecule has 1 fully saturated rings. The Labute approximate surface area is 200 Å². The van der Waals surface area contributed by atoms with Crippen molar-refractivity contribution in [2.75, 3.05) is 31.7 Å². The smallest absolute Gasteiger partial charge is 0.311 e. The molecule has 4 rings (SSSR count). The second-order valence-electron chi connectivity index (χ2n) is 8.80. The average molecular weight is 465 g/mol. The molecular weight excluding hydrogens is 432 g/mol. The van der Waals surface area contributed by atoms with E-state index in [0.29, 0.717) is 25.3 Å². The highest BCUT2D eigenvalue weighted by Gasteiger charge is 2.42. The lowest BCUT2D eigenvalue weighted by molar-refractivity contribution is -0.159. The van der Waals surface area contributed by atoms with E-state index in [-0.39, 0.29) is 24.8 Å². The monoisotopic (exact) mass is 464 g/mol. The zero-order chi connectivity index (χ0) is 24.1. The number of ether oxygens (including phenoxy) is 2. The van der Waals surface area contributed by atoms with Crippen molar-refractivity contribution in [3.8, 4) is 5.75 Å². The largest absolute Gasteiger partial charge is 0.496 e. The van der Waals surface area contributed by atoms with Crippen molar-refractivity contribution in [2.45, 2.75) is 45.1 Å². The quantitative estimate of drug-likeness (QED) is 0.554. The van der Waals surface area contributed by atoms with E-state index in [1.165, 1.54) is 0 Å². The van der Waals surface area contributed by atoms with Crippen LogP contribution in [-0.2, 0) is 25.5 Å². The Morgan fingerprint density at radius 2 is 1.82 bits per heavy atom. The maximum Gasteiger partial charge on any atom is 0.311 e. The maximum absolute atomic E-state index is 13.3. The summed E-state index contributed by atoms with van der Waals surface area (Å²) in [4.78, 5) is 42.5. The van der Waals surface area contributed by atoms with E-state index in [4.69, 9.17) is 9.47 Å². The molecule has 0 aromatic heterocycles. The number of likely N-dealkylation sites (tertiary alicyclic amines) is 1. The van der Waals surface area contributed by atoms with Gasteiger partial charge in [-0.25, -0.2) is 0 Å². The molecule has 0 spiro atoms. The van der Waals surface area contributed by atoms with Gasteiger partial charge in [-0.1, -0.05) is 49.7 Å². The molecule has 7 nitrogen and oxygen atoms in total. The number of amides is 2. The van der Waals surface area contributed by atoms with Gasteiger partial charge in [0, 0.05) is 30.8 Å². The third kappa shape index (κ3) is 4.79. The fraction of sp³-hybridized carbons (Fsp3) is 0.444. The van der Waals surface area contributed by atoms with E-state index in [9.17, 15) is 14.4 Å². The van der Waals surface area contributed by atoms with Gasteiger partial charge in [0.05, 0.1) is 19.1 Å². The van der Waals surface area contributed by atoms with Gasteiger partial charge in [0.2, 0.25) is 5.91 Å².